The number of aromatic nitrogens is 1. The molecule has 2 heterocycles. The third-order valence-electron chi connectivity index (χ3n) is 4.18. The molecule has 9 heteroatoms. The molecule has 1 aliphatic heterocycles. The number of rotatable bonds is 8. The van der Waals surface area contributed by atoms with Crippen molar-refractivity contribution < 1.29 is 23.9 Å². The number of ether oxygens (including phenoxy) is 2. The number of carbonyl (C=O) groups is 3. The van der Waals surface area contributed by atoms with Crippen LogP contribution in [0.5, 0.6) is 11.5 Å². The molecule has 2 aromatic rings. The number of benzene rings is 1. The van der Waals surface area contributed by atoms with E-state index in [1.54, 1.807) is 42.5 Å². The first-order valence-corrected chi connectivity index (χ1v) is 10.1. The van der Waals surface area contributed by atoms with E-state index in [0.29, 0.717) is 28.6 Å². The van der Waals surface area contributed by atoms with Gasteiger partial charge in [0.25, 0.3) is 17.1 Å². The van der Waals surface area contributed by atoms with Crippen LogP contribution in [0.15, 0.2) is 47.5 Å². The fourth-order valence-electron chi connectivity index (χ4n) is 2.76. The summed E-state index contributed by atoms with van der Waals surface area (Å²) in [6.45, 7) is 2.60. The van der Waals surface area contributed by atoms with Gasteiger partial charge in [-0.15, -0.1) is 0 Å². The molecule has 1 fully saturated rings. The third kappa shape index (κ3) is 4.98. The Morgan fingerprint density at radius 2 is 2.07 bits per heavy atom. The van der Waals surface area contributed by atoms with E-state index in [2.05, 4.69) is 10.3 Å². The molecule has 30 heavy (non-hydrogen) atoms. The smallest absolute Gasteiger partial charge is 0.293 e. The first-order valence-electron chi connectivity index (χ1n) is 9.29. The van der Waals surface area contributed by atoms with Crippen molar-refractivity contribution in [3.63, 3.8) is 0 Å². The van der Waals surface area contributed by atoms with Gasteiger partial charge >= 0.3 is 0 Å². The van der Waals surface area contributed by atoms with E-state index in [9.17, 15) is 14.4 Å². The number of nitrogens with zero attached hydrogens (tertiary/aromatic N) is 2. The molecule has 156 valence electrons. The monoisotopic (exact) mass is 427 g/mol. The average molecular weight is 427 g/mol. The first-order chi connectivity index (χ1) is 14.5. The normalized spacial score (nSPS) is 14.9. The molecule has 0 bridgehead atoms. The molecule has 1 aromatic carbocycles. The van der Waals surface area contributed by atoms with Crippen LogP contribution < -0.4 is 14.8 Å². The van der Waals surface area contributed by atoms with Crippen molar-refractivity contribution in [2.45, 2.75) is 6.92 Å². The van der Waals surface area contributed by atoms with Gasteiger partial charge in [0.2, 0.25) is 0 Å². The van der Waals surface area contributed by atoms with Crippen molar-refractivity contribution in [2.24, 2.45) is 0 Å². The van der Waals surface area contributed by atoms with Gasteiger partial charge in [-0.2, -0.15) is 0 Å². The highest BCUT2D eigenvalue weighted by atomic mass is 32.2. The standard InChI is InChI=1S/C21H21N3O5S/c1-3-29-16-8-7-14(12-17(16)28-2)13-18-20(26)24(21(27)30-18)11-10-23-19(25)15-6-4-5-9-22-15/h4-9,12-13H,3,10-11H2,1-2H3,(H,23,25). The summed E-state index contributed by atoms with van der Waals surface area (Å²) in [7, 11) is 1.54. The Labute approximate surface area is 178 Å². The highest BCUT2D eigenvalue weighted by Gasteiger charge is 2.34. The maximum Gasteiger partial charge on any atom is 0.293 e. The topological polar surface area (TPSA) is 97.8 Å². The Bertz CT molecular complexity index is 978. The highest BCUT2D eigenvalue weighted by molar-refractivity contribution is 8.18. The number of hydrogen-bond acceptors (Lipinski definition) is 7. The van der Waals surface area contributed by atoms with Gasteiger partial charge in [-0.05, 0) is 54.6 Å². The lowest BCUT2D eigenvalue weighted by Gasteiger charge is -2.12. The second kappa shape index (κ2) is 9.93. The molecule has 1 N–H and O–H groups in total. The van der Waals surface area contributed by atoms with Crippen molar-refractivity contribution in [1.29, 1.82) is 0 Å². The van der Waals surface area contributed by atoms with Crippen LogP contribution in [0.4, 0.5) is 4.79 Å². The van der Waals surface area contributed by atoms with Crippen LogP contribution in [0, 0.1) is 0 Å². The predicted octanol–water partition coefficient (Wildman–Crippen LogP) is 2.96. The van der Waals surface area contributed by atoms with Crippen LogP contribution in [-0.4, -0.2) is 53.7 Å². The molecule has 3 rings (SSSR count). The molecular formula is C21H21N3O5S. The van der Waals surface area contributed by atoms with E-state index in [4.69, 9.17) is 9.47 Å². The molecule has 0 spiro atoms. The predicted molar refractivity (Wildman–Crippen MR) is 113 cm³/mol. The molecule has 0 aliphatic carbocycles. The minimum Gasteiger partial charge on any atom is -0.493 e. The number of hydrogen-bond donors (Lipinski definition) is 1. The van der Waals surface area contributed by atoms with Gasteiger partial charge < -0.3 is 14.8 Å². The number of amides is 3. The second-order valence-electron chi connectivity index (χ2n) is 6.15. The largest absolute Gasteiger partial charge is 0.493 e. The summed E-state index contributed by atoms with van der Waals surface area (Å²) < 4.78 is 10.8. The fraction of sp³-hybridized carbons (Fsp3) is 0.238. The number of methoxy groups -OCH3 is 1. The van der Waals surface area contributed by atoms with E-state index in [1.165, 1.54) is 13.3 Å². The van der Waals surface area contributed by atoms with Crippen LogP contribution in [0.1, 0.15) is 23.0 Å². The van der Waals surface area contributed by atoms with E-state index in [0.717, 1.165) is 16.7 Å². The van der Waals surface area contributed by atoms with Crippen LogP contribution in [0.3, 0.4) is 0 Å². The zero-order valence-corrected chi connectivity index (χ0v) is 17.4. The molecule has 1 aliphatic rings. The van der Waals surface area contributed by atoms with Gasteiger partial charge in [0.05, 0.1) is 18.6 Å². The molecule has 0 atom stereocenters. The van der Waals surface area contributed by atoms with Gasteiger partial charge in [0.1, 0.15) is 5.69 Å². The average Bonchev–Trinajstić information content (AvgIpc) is 3.02. The van der Waals surface area contributed by atoms with Crippen molar-refractivity contribution in [2.75, 3.05) is 26.8 Å². The molecular weight excluding hydrogens is 406 g/mol. The maximum atomic E-state index is 12.6. The zero-order chi connectivity index (χ0) is 21.5. The number of imide groups is 1. The summed E-state index contributed by atoms with van der Waals surface area (Å²) in [6.07, 6.45) is 3.15. The summed E-state index contributed by atoms with van der Waals surface area (Å²) in [6, 6.07) is 10.3. The summed E-state index contributed by atoms with van der Waals surface area (Å²) in [5.74, 6) is 0.389. The molecule has 0 radical (unpaired) electrons. The molecule has 8 nitrogen and oxygen atoms in total. The Morgan fingerprint density at radius 3 is 2.77 bits per heavy atom. The van der Waals surface area contributed by atoms with Gasteiger partial charge in [-0.1, -0.05) is 12.1 Å². The molecule has 1 aromatic heterocycles. The van der Waals surface area contributed by atoms with E-state index in [1.807, 2.05) is 6.92 Å². The van der Waals surface area contributed by atoms with Crippen molar-refractivity contribution in [3.05, 3.63) is 58.8 Å². The third-order valence-corrected chi connectivity index (χ3v) is 5.08. The fourth-order valence-corrected chi connectivity index (χ4v) is 3.63. The van der Waals surface area contributed by atoms with Gasteiger partial charge in [-0.25, -0.2) is 0 Å². The molecule has 0 saturated carbocycles. The summed E-state index contributed by atoms with van der Waals surface area (Å²) in [4.78, 5) is 42.3. The minimum atomic E-state index is -0.398. The molecule has 1 saturated heterocycles. The van der Waals surface area contributed by atoms with E-state index < -0.39 is 5.91 Å². The number of pyridine rings is 1. The Balaban J connectivity index is 1.63. The zero-order valence-electron chi connectivity index (χ0n) is 16.6. The quantitative estimate of drug-likeness (QED) is 0.647. The Kier molecular flexibility index (Phi) is 7.08. The Hall–Kier alpha value is -3.33. The Morgan fingerprint density at radius 1 is 1.23 bits per heavy atom. The van der Waals surface area contributed by atoms with Gasteiger partial charge in [0, 0.05) is 19.3 Å². The summed E-state index contributed by atoms with van der Waals surface area (Å²) in [5.41, 5.74) is 0.986. The highest BCUT2D eigenvalue weighted by Crippen LogP contribution is 2.34. The molecule has 0 unspecified atom stereocenters. The number of carbonyl (C=O) groups excluding carboxylic acids is 3. The SMILES string of the molecule is CCOc1ccc(C=C2SC(=O)N(CCNC(=O)c3ccccn3)C2=O)cc1OC. The van der Waals surface area contributed by atoms with Crippen LogP contribution >= 0.6 is 11.8 Å². The van der Waals surface area contributed by atoms with Crippen molar-refractivity contribution in [3.8, 4) is 11.5 Å². The first kappa shape index (κ1) is 21.4. The summed E-state index contributed by atoms with van der Waals surface area (Å²) >= 11 is 0.861. The van der Waals surface area contributed by atoms with E-state index >= 15 is 0 Å². The lowest BCUT2D eigenvalue weighted by molar-refractivity contribution is -0.122. The van der Waals surface area contributed by atoms with Crippen molar-refractivity contribution >= 4 is 34.9 Å². The van der Waals surface area contributed by atoms with Crippen molar-refractivity contribution in [1.82, 2.24) is 15.2 Å². The minimum absolute atomic E-state index is 0.0766. The van der Waals surface area contributed by atoms with Crippen LogP contribution in [0.25, 0.3) is 6.08 Å². The molecule has 3 amide bonds. The lowest BCUT2D eigenvalue weighted by Crippen LogP contribution is -2.37. The van der Waals surface area contributed by atoms with Gasteiger partial charge in [0.15, 0.2) is 11.5 Å². The van der Waals surface area contributed by atoms with Crippen LogP contribution in [0.2, 0.25) is 0 Å². The number of nitrogens with one attached hydrogen (secondary N) is 1. The number of thioether (sulfide) groups is 1. The van der Waals surface area contributed by atoms with Crippen LogP contribution in [-0.2, 0) is 4.79 Å². The second-order valence-corrected chi connectivity index (χ2v) is 7.14. The lowest BCUT2D eigenvalue weighted by atomic mass is 10.2. The maximum absolute atomic E-state index is 12.6. The van der Waals surface area contributed by atoms with Gasteiger partial charge in [-0.3, -0.25) is 24.3 Å². The van der Waals surface area contributed by atoms with E-state index in [-0.39, 0.29) is 29.9 Å². The summed E-state index contributed by atoms with van der Waals surface area (Å²) in [5, 5.41) is 2.28.